The topological polar surface area (TPSA) is 26.3 Å². The fraction of sp³-hybridized carbons (Fsp3) is 0.308. The van der Waals surface area contributed by atoms with Gasteiger partial charge in [-0.2, -0.15) is 0 Å². The summed E-state index contributed by atoms with van der Waals surface area (Å²) in [5, 5.41) is 0.427. The van der Waals surface area contributed by atoms with Gasteiger partial charge in [-0.05, 0) is 25.0 Å². The third kappa shape index (κ3) is 4.07. The van der Waals surface area contributed by atoms with Crippen molar-refractivity contribution in [1.82, 2.24) is 0 Å². The molecule has 0 saturated heterocycles. The number of carbonyl (C=O) groups is 1. The molecular weight excluding hydrogens is 224 g/mol. The molecule has 0 bridgehead atoms. The molecule has 16 heavy (non-hydrogen) atoms. The molecule has 1 rings (SSSR count). The van der Waals surface area contributed by atoms with Gasteiger partial charge in [0.25, 0.3) is 0 Å². The normalized spacial score (nSPS) is 10.6. The Morgan fingerprint density at radius 1 is 1.38 bits per heavy atom. The smallest absolute Gasteiger partial charge is 0.339 e. The van der Waals surface area contributed by atoms with Gasteiger partial charge in [0.05, 0.1) is 17.2 Å². The fourth-order valence-electron chi connectivity index (χ4n) is 1.21. The van der Waals surface area contributed by atoms with E-state index in [0.29, 0.717) is 17.2 Å². The van der Waals surface area contributed by atoms with Crippen molar-refractivity contribution in [2.45, 2.75) is 19.8 Å². The SMILES string of the molecule is CC/C=C\CCOC(=O)c1ccccc1Cl. The van der Waals surface area contributed by atoms with Crippen LogP contribution in [0.25, 0.3) is 0 Å². The number of carbonyl (C=O) groups excluding carboxylic acids is 1. The Kier molecular flexibility index (Phi) is 5.65. The monoisotopic (exact) mass is 238 g/mol. The van der Waals surface area contributed by atoms with Gasteiger partial charge in [0.15, 0.2) is 0 Å². The zero-order valence-corrected chi connectivity index (χ0v) is 10.0. The van der Waals surface area contributed by atoms with Crippen LogP contribution in [-0.2, 0) is 4.74 Å². The number of hydrogen-bond acceptors (Lipinski definition) is 2. The Labute approximate surface area is 101 Å². The molecule has 86 valence electrons. The Hall–Kier alpha value is -1.28. The summed E-state index contributed by atoms with van der Waals surface area (Å²) in [4.78, 5) is 11.6. The molecule has 0 spiro atoms. The molecule has 3 heteroatoms. The molecular formula is C13H15ClO2. The van der Waals surface area contributed by atoms with E-state index in [1.807, 2.05) is 12.2 Å². The van der Waals surface area contributed by atoms with Gasteiger partial charge in [-0.15, -0.1) is 0 Å². The van der Waals surface area contributed by atoms with Gasteiger partial charge in [-0.3, -0.25) is 0 Å². The summed E-state index contributed by atoms with van der Waals surface area (Å²) >= 11 is 5.87. The molecule has 0 heterocycles. The van der Waals surface area contributed by atoms with Gasteiger partial charge in [0.2, 0.25) is 0 Å². The predicted octanol–water partition coefficient (Wildman–Crippen LogP) is 3.85. The minimum absolute atomic E-state index is 0.365. The Bertz CT molecular complexity index is 372. The molecule has 0 atom stereocenters. The van der Waals surface area contributed by atoms with E-state index in [4.69, 9.17) is 16.3 Å². The van der Waals surface area contributed by atoms with E-state index in [2.05, 4.69) is 6.92 Å². The van der Waals surface area contributed by atoms with Crippen LogP contribution in [-0.4, -0.2) is 12.6 Å². The number of esters is 1. The third-order valence-electron chi connectivity index (χ3n) is 2.01. The average Bonchev–Trinajstić information content (AvgIpc) is 2.29. The number of halogens is 1. The highest BCUT2D eigenvalue weighted by atomic mass is 35.5. The number of hydrogen-bond donors (Lipinski definition) is 0. The molecule has 0 saturated carbocycles. The summed E-state index contributed by atoms with van der Waals surface area (Å²) in [6.45, 7) is 2.45. The molecule has 0 radical (unpaired) electrons. The molecule has 0 aromatic heterocycles. The lowest BCUT2D eigenvalue weighted by Crippen LogP contribution is -2.06. The number of benzene rings is 1. The second-order valence-electron chi connectivity index (χ2n) is 3.28. The average molecular weight is 239 g/mol. The van der Waals surface area contributed by atoms with Crippen molar-refractivity contribution >= 4 is 17.6 Å². The van der Waals surface area contributed by atoms with E-state index in [1.165, 1.54) is 0 Å². The van der Waals surface area contributed by atoms with E-state index in [1.54, 1.807) is 24.3 Å². The van der Waals surface area contributed by atoms with Crippen LogP contribution in [0.2, 0.25) is 5.02 Å². The van der Waals surface area contributed by atoms with Crippen molar-refractivity contribution in [3.05, 3.63) is 47.0 Å². The lowest BCUT2D eigenvalue weighted by atomic mass is 10.2. The fourth-order valence-corrected chi connectivity index (χ4v) is 1.42. The van der Waals surface area contributed by atoms with Crippen LogP contribution in [0.4, 0.5) is 0 Å². The minimum Gasteiger partial charge on any atom is -0.462 e. The first-order chi connectivity index (χ1) is 7.75. The van der Waals surface area contributed by atoms with Gasteiger partial charge < -0.3 is 4.74 Å². The number of ether oxygens (including phenoxy) is 1. The van der Waals surface area contributed by atoms with Crippen molar-refractivity contribution in [3.63, 3.8) is 0 Å². The van der Waals surface area contributed by atoms with Crippen LogP contribution >= 0.6 is 11.6 Å². The number of allylic oxidation sites excluding steroid dienone is 1. The lowest BCUT2D eigenvalue weighted by molar-refractivity contribution is 0.0512. The summed E-state index contributed by atoms with van der Waals surface area (Å²) in [5.41, 5.74) is 0.420. The van der Waals surface area contributed by atoms with E-state index in [-0.39, 0.29) is 5.97 Å². The zero-order chi connectivity index (χ0) is 11.8. The maximum Gasteiger partial charge on any atom is 0.339 e. The van der Waals surface area contributed by atoms with Gasteiger partial charge in [-0.25, -0.2) is 4.79 Å². The zero-order valence-electron chi connectivity index (χ0n) is 9.28. The highest BCUT2D eigenvalue weighted by molar-refractivity contribution is 6.33. The third-order valence-corrected chi connectivity index (χ3v) is 2.34. The molecule has 2 nitrogen and oxygen atoms in total. The first kappa shape index (κ1) is 12.8. The van der Waals surface area contributed by atoms with Crippen LogP contribution in [0.1, 0.15) is 30.1 Å². The maximum atomic E-state index is 11.6. The summed E-state index contributed by atoms with van der Waals surface area (Å²) in [6.07, 6.45) is 5.78. The first-order valence-corrected chi connectivity index (χ1v) is 5.70. The Morgan fingerprint density at radius 2 is 2.12 bits per heavy atom. The second-order valence-corrected chi connectivity index (χ2v) is 3.69. The van der Waals surface area contributed by atoms with Crippen LogP contribution < -0.4 is 0 Å². The molecule has 0 amide bonds. The summed E-state index contributed by atoms with van der Waals surface area (Å²) in [7, 11) is 0. The van der Waals surface area contributed by atoms with Crippen LogP contribution in [0.15, 0.2) is 36.4 Å². The molecule has 1 aromatic carbocycles. The summed E-state index contributed by atoms with van der Waals surface area (Å²) < 4.78 is 5.08. The van der Waals surface area contributed by atoms with Gasteiger partial charge in [-0.1, -0.05) is 42.8 Å². The Balaban J connectivity index is 2.41. The largest absolute Gasteiger partial charge is 0.462 e. The van der Waals surface area contributed by atoms with Gasteiger partial charge in [0, 0.05) is 0 Å². The van der Waals surface area contributed by atoms with Crippen molar-refractivity contribution < 1.29 is 9.53 Å². The van der Waals surface area contributed by atoms with E-state index >= 15 is 0 Å². The lowest BCUT2D eigenvalue weighted by Gasteiger charge is -2.04. The second kappa shape index (κ2) is 7.07. The molecule has 0 aliphatic carbocycles. The molecule has 0 aliphatic heterocycles. The van der Waals surface area contributed by atoms with Crippen molar-refractivity contribution in [3.8, 4) is 0 Å². The minimum atomic E-state index is -0.365. The molecule has 1 aromatic rings. The predicted molar refractivity (Wildman–Crippen MR) is 65.8 cm³/mol. The number of rotatable bonds is 5. The molecule has 0 fully saturated rings. The van der Waals surface area contributed by atoms with Crippen LogP contribution in [0.3, 0.4) is 0 Å². The highest BCUT2D eigenvalue weighted by Gasteiger charge is 2.09. The summed E-state index contributed by atoms with van der Waals surface area (Å²) in [5.74, 6) is -0.365. The van der Waals surface area contributed by atoms with Crippen molar-refractivity contribution in [1.29, 1.82) is 0 Å². The van der Waals surface area contributed by atoms with Crippen LogP contribution in [0, 0.1) is 0 Å². The van der Waals surface area contributed by atoms with Crippen molar-refractivity contribution in [2.75, 3.05) is 6.61 Å². The Morgan fingerprint density at radius 3 is 2.81 bits per heavy atom. The van der Waals surface area contributed by atoms with Crippen molar-refractivity contribution in [2.24, 2.45) is 0 Å². The summed E-state index contributed by atoms with van der Waals surface area (Å²) in [6, 6.07) is 6.88. The maximum absolute atomic E-state index is 11.6. The highest BCUT2D eigenvalue weighted by Crippen LogP contribution is 2.15. The molecule has 0 aliphatic rings. The standard InChI is InChI=1S/C13H15ClO2/c1-2-3-4-7-10-16-13(15)11-8-5-6-9-12(11)14/h3-6,8-9H,2,7,10H2,1H3/b4-3-. The molecule has 0 unspecified atom stereocenters. The molecule has 0 N–H and O–H groups in total. The van der Waals surface area contributed by atoms with Crippen LogP contribution in [0.5, 0.6) is 0 Å². The quantitative estimate of drug-likeness (QED) is 0.442. The van der Waals surface area contributed by atoms with Gasteiger partial charge in [0.1, 0.15) is 0 Å². The van der Waals surface area contributed by atoms with E-state index in [0.717, 1.165) is 12.8 Å². The van der Waals surface area contributed by atoms with E-state index < -0.39 is 0 Å². The van der Waals surface area contributed by atoms with Gasteiger partial charge >= 0.3 is 5.97 Å². The first-order valence-electron chi connectivity index (χ1n) is 5.32. The van der Waals surface area contributed by atoms with E-state index in [9.17, 15) is 4.79 Å².